The Kier molecular flexibility index (Phi) is 3.04. The zero-order valence-electron chi connectivity index (χ0n) is 7.75. The van der Waals surface area contributed by atoms with Crippen LogP contribution in [0.5, 0.6) is 0 Å². The molecule has 1 saturated carbocycles. The van der Waals surface area contributed by atoms with Crippen molar-refractivity contribution in [2.75, 3.05) is 0 Å². The molecule has 14 heavy (non-hydrogen) atoms. The summed E-state index contributed by atoms with van der Waals surface area (Å²) in [5.41, 5.74) is 0.616. The predicted octanol–water partition coefficient (Wildman–Crippen LogP) is 3.11. The van der Waals surface area contributed by atoms with Crippen LogP contribution in [0.25, 0.3) is 0 Å². The number of ether oxygens (including phenoxy) is 1. The van der Waals surface area contributed by atoms with Crippen LogP contribution in [0.3, 0.4) is 0 Å². The fourth-order valence-corrected chi connectivity index (χ4v) is 1.86. The van der Waals surface area contributed by atoms with Crippen molar-refractivity contribution in [2.45, 2.75) is 30.9 Å². The monoisotopic (exact) mass is 214 g/mol. The minimum atomic E-state index is -0.200. The lowest BCUT2D eigenvalue weighted by atomic mass is 9.95. The molecule has 1 nitrogen and oxygen atoms in total. The third-order valence-electron chi connectivity index (χ3n) is 2.47. The fourth-order valence-electron chi connectivity index (χ4n) is 1.46. The second kappa shape index (κ2) is 4.28. The first-order chi connectivity index (χ1) is 6.75. The van der Waals surface area contributed by atoms with E-state index in [1.165, 1.54) is 6.07 Å². The molecular formula is C11H12ClFO. The molecule has 1 aromatic carbocycles. The minimum Gasteiger partial charge on any atom is -0.373 e. The summed E-state index contributed by atoms with van der Waals surface area (Å²) in [7, 11) is 0. The van der Waals surface area contributed by atoms with Gasteiger partial charge in [0, 0.05) is 10.9 Å². The van der Waals surface area contributed by atoms with Gasteiger partial charge in [-0.05, 0) is 18.9 Å². The summed E-state index contributed by atoms with van der Waals surface area (Å²) in [4.78, 5) is 0. The molecule has 1 aliphatic rings. The van der Waals surface area contributed by atoms with Gasteiger partial charge in [-0.1, -0.05) is 18.2 Å². The number of hydrogen-bond acceptors (Lipinski definition) is 1. The molecule has 76 valence electrons. The van der Waals surface area contributed by atoms with E-state index >= 15 is 0 Å². The van der Waals surface area contributed by atoms with Crippen LogP contribution in [-0.4, -0.2) is 11.5 Å². The lowest BCUT2D eigenvalue weighted by Crippen LogP contribution is -2.31. The van der Waals surface area contributed by atoms with E-state index in [9.17, 15) is 4.39 Å². The number of hydrogen-bond donors (Lipinski definition) is 0. The Balaban J connectivity index is 1.83. The molecule has 0 aromatic heterocycles. The van der Waals surface area contributed by atoms with Crippen LogP contribution in [0.4, 0.5) is 4.39 Å². The van der Waals surface area contributed by atoms with Crippen LogP contribution in [0.2, 0.25) is 0 Å². The Morgan fingerprint density at radius 1 is 1.36 bits per heavy atom. The Morgan fingerprint density at radius 2 is 2.07 bits per heavy atom. The van der Waals surface area contributed by atoms with Crippen molar-refractivity contribution in [2.24, 2.45) is 0 Å². The van der Waals surface area contributed by atoms with E-state index in [4.69, 9.17) is 16.3 Å². The van der Waals surface area contributed by atoms with Gasteiger partial charge in [0.05, 0.1) is 12.7 Å². The molecule has 0 unspecified atom stereocenters. The Bertz CT molecular complexity index is 310. The van der Waals surface area contributed by atoms with Gasteiger partial charge >= 0.3 is 0 Å². The average Bonchev–Trinajstić information content (AvgIpc) is 2.13. The van der Waals surface area contributed by atoms with E-state index in [-0.39, 0.29) is 17.3 Å². The van der Waals surface area contributed by atoms with Gasteiger partial charge < -0.3 is 4.74 Å². The molecule has 2 rings (SSSR count). The highest BCUT2D eigenvalue weighted by Crippen LogP contribution is 2.28. The van der Waals surface area contributed by atoms with E-state index in [0.717, 1.165) is 12.8 Å². The third-order valence-corrected chi connectivity index (χ3v) is 2.83. The van der Waals surface area contributed by atoms with Gasteiger partial charge in [-0.2, -0.15) is 0 Å². The molecule has 0 atom stereocenters. The molecule has 3 heteroatoms. The Morgan fingerprint density at radius 3 is 2.71 bits per heavy atom. The smallest absolute Gasteiger partial charge is 0.128 e. The van der Waals surface area contributed by atoms with E-state index in [0.29, 0.717) is 12.2 Å². The first kappa shape index (κ1) is 9.94. The lowest BCUT2D eigenvalue weighted by Gasteiger charge is -2.30. The quantitative estimate of drug-likeness (QED) is 0.703. The van der Waals surface area contributed by atoms with E-state index in [2.05, 4.69) is 0 Å². The van der Waals surface area contributed by atoms with Crippen molar-refractivity contribution in [3.63, 3.8) is 0 Å². The van der Waals surface area contributed by atoms with Crippen molar-refractivity contribution in [3.8, 4) is 0 Å². The normalized spacial score (nSPS) is 25.9. The number of rotatable bonds is 3. The molecule has 0 saturated heterocycles. The van der Waals surface area contributed by atoms with Crippen LogP contribution in [0.15, 0.2) is 24.3 Å². The first-order valence-electron chi connectivity index (χ1n) is 4.75. The summed E-state index contributed by atoms with van der Waals surface area (Å²) in [6.45, 7) is 0.348. The maximum atomic E-state index is 13.1. The highest BCUT2D eigenvalue weighted by atomic mass is 35.5. The van der Waals surface area contributed by atoms with Gasteiger partial charge in [-0.3, -0.25) is 0 Å². The molecule has 0 spiro atoms. The number of benzene rings is 1. The molecule has 0 amide bonds. The maximum absolute atomic E-state index is 13.1. The fraction of sp³-hybridized carbons (Fsp3) is 0.455. The maximum Gasteiger partial charge on any atom is 0.128 e. The zero-order chi connectivity index (χ0) is 9.97. The minimum absolute atomic E-state index is 0.200. The summed E-state index contributed by atoms with van der Waals surface area (Å²) in [6, 6.07) is 6.68. The van der Waals surface area contributed by atoms with Gasteiger partial charge in [0.1, 0.15) is 5.82 Å². The molecule has 1 aliphatic carbocycles. The Hall–Kier alpha value is -0.600. The van der Waals surface area contributed by atoms with Gasteiger partial charge in [0.2, 0.25) is 0 Å². The van der Waals surface area contributed by atoms with E-state index in [1.807, 2.05) is 6.07 Å². The second-order valence-corrected chi connectivity index (χ2v) is 4.21. The topological polar surface area (TPSA) is 9.23 Å². The van der Waals surface area contributed by atoms with Crippen molar-refractivity contribution >= 4 is 11.6 Å². The van der Waals surface area contributed by atoms with Crippen LogP contribution in [0.1, 0.15) is 18.4 Å². The second-order valence-electron chi connectivity index (χ2n) is 3.59. The zero-order valence-corrected chi connectivity index (χ0v) is 8.51. The first-order valence-corrected chi connectivity index (χ1v) is 5.18. The highest BCUT2D eigenvalue weighted by molar-refractivity contribution is 6.21. The third kappa shape index (κ3) is 2.25. The summed E-state index contributed by atoms with van der Waals surface area (Å²) in [6.07, 6.45) is 1.99. The van der Waals surface area contributed by atoms with Crippen molar-refractivity contribution in [3.05, 3.63) is 35.6 Å². The van der Waals surface area contributed by atoms with E-state index < -0.39 is 0 Å². The lowest BCUT2D eigenvalue weighted by molar-refractivity contribution is -0.00733. The van der Waals surface area contributed by atoms with Crippen LogP contribution >= 0.6 is 11.6 Å². The van der Waals surface area contributed by atoms with Gasteiger partial charge in [-0.25, -0.2) is 4.39 Å². The van der Waals surface area contributed by atoms with Gasteiger partial charge in [-0.15, -0.1) is 11.6 Å². The molecule has 0 N–H and O–H groups in total. The van der Waals surface area contributed by atoms with Crippen LogP contribution in [0, 0.1) is 5.82 Å². The summed E-state index contributed by atoms with van der Waals surface area (Å²) >= 11 is 5.80. The van der Waals surface area contributed by atoms with Crippen LogP contribution in [-0.2, 0) is 11.3 Å². The molecule has 0 radical (unpaired) electrons. The molecule has 0 bridgehead atoms. The van der Waals surface area contributed by atoms with Crippen molar-refractivity contribution < 1.29 is 9.13 Å². The van der Waals surface area contributed by atoms with Gasteiger partial charge in [0.15, 0.2) is 0 Å². The Labute approximate surface area is 87.8 Å². The summed E-state index contributed by atoms with van der Waals surface area (Å²) in [5.74, 6) is -0.200. The molecular weight excluding hydrogens is 203 g/mol. The number of halogens is 2. The standard InChI is InChI=1S/C11H12ClFO/c12-9-5-10(6-9)14-7-8-3-1-2-4-11(8)13/h1-4,9-10H,5-7H2. The predicted molar refractivity (Wildman–Crippen MR) is 53.9 cm³/mol. The SMILES string of the molecule is Fc1ccccc1COC1CC(Cl)C1. The molecule has 1 aromatic rings. The van der Waals surface area contributed by atoms with Crippen molar-refractivity contribution in [1.29, 1.82) is 0 Å². The van der Waals surface area contributed by atoms with Gasteiger partial charge in [0.25, 0.3) is 0 Å². The van der Waals surface area contributed by atoms with E-state index in [1.54, 1.807) is 12.1 Å². The molecule has 1 fully saturated rings. The average molecular weight is 215 g/mol. The highest BCUT2D eigenvalue weighted by Gasteiger charge is 2.27. The van der Waals surface area contributed by atoms with Crippen molar-refractivity contribution in [1.82, 2.24) is 0 Å². The molecule has 0 heterocycles. The summed E-state index contributed by atoms with van der Waals surface area (Å²) in [5, 5.41) is 0.251. The largest absolute Gasteiger partial charge is 0.373 e. The summed E-state index contributed by atoms with van der Waals surface area (Å²) < 4.78 is 18.6. The molecule has 0 aliphatic heterocycles. The van der Waals surface area contributed by atoms with Crippen LogP contribution < -0.4 is 0 Å². The number of alkyl halides is 1.